The molecule has 0 bridgehead atoms. The van der Waals surface area contributed by atoms with Crippen molar-refractivity contribution in [3.8, 4) is 0 Å². The minimum Gasteiger partial charge on any atom is -0.372 e. The first kappa shape index (κ1) is 20.3. The number of non-ortho nitro benzene ring substituents is 1. The molecule has 6 nitrogen and oxygen atoms in total. The molecule has 3 aromatic rings. The lowest BCUT2D eigenvalue weighted by Gasteiger charge is -2.30. The molecule has 1 aliphatic carbocycles. The van der Waals surface area contributed by atoms with Gasteiger partial charge in [0, 0.05) is 34.8 Å². The number of hydrogen-bond donors (Lipinski definition) is 2. The molecule has 7 heteroatoms. The highest BCUT2D eigenvalue weighted by Gasteiger charge is 2.36. The van der Waals surface area contributed by atoms with Crippen LogP contribution in [0, 0.1) is 10.1 Å². The second kappa shape index (κ2) is 8.13. The van der Waals surface area contributed by atoms with E-state index in [2.05, 4.69) is 10.6 Å². The van der Waals surface area contributed by atoms with Gasteiger partial charge in [-0.3, -0.25) is 14.9 Å². The Morgan fingerprint density at radius 2 is 1.53 bits per heavy atom. The van der Waals surface area contributed by atoms with Crippen LogP contribution in [0.15, 0.2) is 84.1 Å². The normalized spacial score (nSPS) is 19.8. The van der Waals surface area contributed by atoms with Crippen LogP contribution in [-0.2, 0) is 4.79 Å². The maximum absolute atomic E-state index is 13.5. The first-order chi connectivity index (χ1) is 15.5. The molecule has 160 valence electrons. The third-order valence-electron chi connectivity index (χ3n) is 6.09. The van der Waals surface area contributed by atoms with E-state index >= 15 is 0 Å². The van der Waals surface area contributed by atoms with Crippen LogP contribution in [0.2, 0.25) is 5.02 Å². The number of ketones is 1. The molecule has 0 radical (unpaired) electrons. The Hall–Kier alpha value is -3.64. The van der Waals surface area contributed by atoms with Crippen LogP contribution >= 0.6 is 11.6 Å². The van der Waals surface area contributed by atoms with Gasteiger partial charge in [0.05, 0.1) is 22.3 Å². The number of nitrogens with zero attached hydrogens (tertiary/aromatic N) is 1. The van der Waals surface area contributed by atoms with Crippen LogP contribution in [0.4, 0.5) is 17.1 Å². The van der Waals surface area contributed by atoms with E-state index in [4.69, 9.17) is 11.6 Å². The Morgan fingerprint density at radius 3 is 2.22 bits per heavy atom. The molecule has 2 atom stereocenters. The molecule has 3 aromatic carbocycles. The van der Waals surface area contributed by atoms with Crippen LogP contribution < -0.4 is 10.6 Å². The number of allylic oxidation sites excluding steroid dienone is 1. The first-order valence-corrected chi connectivity index (χ1v) is 10.8. The third-order valence-corrected chi connectivity index (χ3v) is 6.34. The Kier molecular flexibility index (Phi) is 5.15. The number of carbonyl (C=O) groups excluding carboxylic acids is 1. The van der Waals surface area contributed by atoms with Gasteiger partial charge in [0.1, 0.15) is 0 Å². The molecular formula is C25H20ClN3O3. The number of halogens is 1. The molecule has 0 saturated heterocycles. The fourth-order valence-electron chi connectivity index (χ4n) is 4.50. The van der Waals surface area contributed by atoms with E-state index in [1.807, 2.05) is 48.5 Å². The molecular weight excluding hydrogens is 426 g/mol. The lowest BCUT2D eigenvalue weighted by Crippen LogP contribution is -2.26. The standard InChI is InChI=1S/C25H20ClN3O3/c26-18-9-5-15(6-10-18)17-13-22-24(23(30)14-17)25(16-7-11-19(12-8-16)29(31)32)28-21-4-2-1-3-20(21)27-22/h1-12,17,25,27-28H,13-14H2. The minimum atomic E-state index is -0.422. The van der Waals surface area contributed by atoms with Crippen LogP contribution in [0.25, 0.3) is 0 Å². The molecule has 2 aliphatic rings. The number of benzene rings is 3. The lowest BCUT2D eigenvalue weighted by molar-refractivity contribution is -0.384. The summed E-state index contributed by atoms with van der Waals surface area (Å²) < 4.78 is 0. The molecule has 0 fully saturated rings. The van der Waals surface area contributed by atoms with Crippen molar-refractivity contribution in [3.05, 3.63) is 110 Å². The zero-order valence-corrected chi connectivity index (χ0v) is 17.8. The van der Waals surface area contributed by atoms with Crippen molar-refractivity contribution in [2.45, 2.75) is 24.8 Å². The summed E-state index contributed by atoms with van der Waals surface area (Å²) in [7, 11) is 0. The average Bonchev–Trinajstić information content (AvgIpc) is 2.96. The summed E-state index contributed by atoms with van der Waals surface area (Å²) in [6, 6.07) is 21.4. The number of para-hydroxylation sites is 2. The largest absolute Gasteiger partial charge is 0.372 e. The first-order valence-electron chi connectivity index (χ1n) is 10.4. The maximum Gasteiger partial charge on any atom is 0.269 e. The summed E-state index contributed by atoms with van der Waals surface area (Å²) >= 11 is 6.05. The lowest BCUT2D eigenvalue weighted by atomic mass is 9.78. The fourth-order valence-corrected chi connectivity index (χ4v) is 4.63. The molecule has 1 heterocycles. The topological polar surface area (TPSA) is 84.3 Å². The molecule has 2 unspecified atom stereocenters. The van der Waals surface area contributed by atoms with Crippen molar-refractivity contribution in [1.29, 1.82) is 0 Å². The second-order valence-electron chi connectivity index (χ2n) is 8.07. The van der Waals surface area contributed by atoms with Gasteiger partial charge in [-0.2, -0.15) is 0 Å². The molecule has 5 rings (SSSR count). The van der Waals surface area contributed by atoms with E-state index in [9.17, 15) is 14.9 Å². The van der Waals surface area contributed by atoms with Crippen molar-refractivity contribution in [3.63, 3.8) is 0 Å². The molecule has 0 spiro atoms. The Morgan fingerprint density at radius 1 is 0.875 bits per heavy atom. The fraction of sp³-hybridized carbons (Fsp3) is 0.160. The summed E-state index contributed by atoms with van der Waals surface area (Å²) in [6.07, 6.45) is 1.08. The quantitative estimate of drug-likeness (QED) is 0.369. The number of rotatable bonds is 3. The van der Waals surface area contributed by atoms with Crippen LogP contribution in [0.1, 0.15) is 35.9 Å². The number of carbonyl (C=O) groups is 1. The maximum atomic E-state index is 13.5. The Labute approximate surface area is 190 Å². The van der Waals surface area contributed by atoms with Crippen molar-refractivity contribution < 1.29 is 9.72 Å². The molecule has 0 saturated carbocycles. The number of nitrogens with one attached hydrogen (secondary N) is 2. The minimum absolute atomic E-state index is 0.0212. The summed E-state index contributed by atoms with van der Waals surface area (Å²) in [5, 5.41) is 18.7. The number of fused-ring (bicyclic) bond motifs is 1. The Bertz CT molecular complexity index is 1240. The molecule has 0 aromatic heterocycles. The smallest absolute Gasteiger partial charge is 0.269 e. The van der Waals surface area contributed by atoms with E-state index in [1.54, 1.807) is 12.1 Å². The highest BCUT2D eigenvalue weighted by atomic mass is 35.5. The number of anilines is 2. The summed E-state index contributed by atoms with van der Waals surface area (Å²) in [4.78, 5) is 24.1. The van der Waals surface area contributed by atoms with E-state index in [0.717, 1.165) is 28.2 Å². The van der Waals surface area contributed by atoms with Gasteiger partial charge in [-0.1, -0.05) is 35.9 Å². The van der Waals surface area contributed by atoms with Gasteiger partial charge in [0.15, 0.2) is 5.78 Å². The monoisotopic (exact) mass is 445 g/mol. The number of nitro groups is 1. The summed E-state index contributed by atoms with van der Waals surface area (Å²) in [5.41, 5.74) is 5.23. The summed E-state index contributed by atoms with van der Waals surface area (Å²) in [5.74, 6) is 0.108. The summed E-state index contributed by atoms with van der Waals surface area (Å²) in [6.45, 7) is 0. The van der Waals surface area contributed by atoms with E-state index in [-0.39, 0.29) is 17.4 Å². The molecule has 0 amide bonds. The van der Waals surface area contributed by atoms with Gasteiger partial charge in [-0.25, -0.2) is 0 Å². The highest BCUT2D eigenvalue weighted by molar-refractivity contribution is 6.30. The van der Waals surface area contributed by atoms with Crippen LogP contribution in [0.5, 0.6) is 0 Å². The van der Waals surface area contributed by atoms with E-state index in [0.29, 0.717) is 23.4 Å². The third kappa shape index (κ3) is 3.74. The molecule has 2 N–H and O–H groups in total. The van der Waals surface area contributed by atoms with Gasteiger partial charge in [0.25, 0.3) is 5.69 Å². The van der Waals surface area contributed by atoms with Crippen molar-refractivity contribution in [1.82, 2.24) is 0 Å². The predicted molar refractivity (Wildman–Crippen MR) is 125 cm³/mol. The Balaban J connectivity index is 1.58. The van der Waals surface area contributed by atoms with Crippen LogP contribution in [-0.4, -0.2) is 10.7 Å². The van der Waals surface area contributed by atoms with Crippen LogP contribution in [0.3, 0.4) is 0 Å². The van der Waals surface area contributed by atoms with Gasteiger partial charge >= 0.3 is 0 Å². The molecule has 32 heavy (non-hydrogen) atoms. The van der Waals surface area contributed by atoms with Gasteiger partial charge in [0.2, 0.25) is 0 Å². The highest BCUT2D eigenvalue weighted by Crippen LogP contribution is 2.44. The van der Waals surface area contributed by atoms with Gasteiger partial charge < -0.3 is 10.6 Å². The predicted octanol–water partition coefficient (Wildman–Crippen LogP) is 6.23. The van der Waals surface area contributed by atoms with Crippen molar-refractivity contribution in [2.75, 3.05) is 10.6 Å². The van der Waals surface area contributed by atoms with Gasteiger partial charge in [-0.05, 0) is 59.9 Å². The van der Waals surface area contributed by atoms with Crippen molar-refractivity contribution >= 4 is 34.4 Å². The van der Waals surface area contributed by atoms with E-state index < -0.39 is 11.0 Å². The average molecular weight is 446 g/mol. The van der Waals surface area contributed by atoms with Crippen molar-refractivity contribution in [2.24, 2.45) is 0 Å². The van der Waals surface area contributed by atoms with Gasteiger partial charge in [-0.15, -0.1) is 0 Å². The number of nitro benzene ring substituents is 1. The van der Waals surface area contributed by atoms with E-state index in [1.165, 1.54) is 12.1 Å². The zero-order valence-electron chi connectivity index (χ0n) is 17.0. The SMILES string of the molecule is O=C1CC(c2ccc(Cl)cc2)CC2=C1C(c1ccc([N+](=O)[O-])cc1)Nc1ccccc1N2. The zero-order chi connectivity index (χ0) is 22.2. The number of Topliss-reactive ketones (excluding diaryl/α,β-unsaturated/α-hetero) is 1. The number of hydrogen-bond acceptors (Lipinski definition) is 5. The molecule has 1 aliphatic heterocycles. The second-order valence-corrected chi connectivity index (χ2v) is 8.51.